The van der Waals surface area contributed by atoms with E-state index in [1.54, 1.807) is 24.5 Å². The second-order valence-electron chi connectivity index (χ2n) is 6.02. The van der Waals surface area contributed by atoms with E-state index < -0.39 is 0 Å². The number of hydrogen-bond donors (Lipinski definition) is 2. The standard InChI is InChI=1S/C18H18N4O3/c23-18(13-4-1-2-5-14(13)25-11-12-7-8-12)19-10-16-20-17(22-21-16)15-6-3-9-24-15/h1-6,9,12H,7-8,10-11H2,(H,19,23)(H,20,21,22). The molecule has 1 aliphatic rings. The van der Waals surface area contributed by atoms with Crippen molar-refractivity contribution >= 4 is 5.91 Å². The van der Waals surface area contributed by atoms with Gasteiger partial charge in [0.15, 0.2) is 5.76 Å². The van der Waals surface area contributed by atoms with Crippen molar-refractivity contribution in [1.82, 2.24) is 20.5 Å². The Morgan fingerprint density at radius 2 is 2.16 bits per heavy atom. The van der Waals surface area contributed by atoms with Crippen LogP contribution in [0.4, 0.5) is 0 Å². The van der Waals surface area contributed by atoms with Crippen LogP contribution in [0.5, 0.6) is 5.75 Å². The molecule has 0 unspecified atom stereocenters. The molecule has 1 saturated carbocycles. The first kappa shape index (κ1) is 15.4. The Balaban J connectivity index is 1.39. The lowest BCUT2D eigenvalue weighted by molar-refractivity contribution is 0.0945. The number of carbonyl (C=O) groups is 1. The van der Waals surface area contributed by atoms with Gasteiger partial charge in [-0.1, -0.05) is 12.1 Å². The van der Waals surface area contributed by atoms with E-state index in [0.717, 1.165) is 0 Å². The van der Waals surface area contributed by atoms with Crippen LogP contribution in [-0.4, -0.2) is 27.7 Å². The molecule has 0 bridgehead atoms. The molecule has 0 radical (unpaired) electrons. The maximum absolute atomic E-state index is 12.5. The van der Waals surface area contributed by atoms with Crippen molar-refractivity contribution in [1.29, 1.82) is 0 Å². The van der Waals surface area contributed by atoms with Crippen molar-refractivity contribution in [3.8, 4) is 17.3 Å². The van der Waals surface area contributed by atoms with Crippen LogP contribution in [0.25, 0.3) is 11.6 Å². The fourth-order valence-electron chi connectivity index (χ4n) is 2.42. The average Bonchev–Trinajstić information content (AvgIpc) is 3.11. The van der Waals surface area contributed by atoms with E-state index in [4.69, 9.17) is 9.15 Å². The molecular weight excluding hydrogens is 320 g/mol. The largest absolute Gasteiger partial charge is 0.492 e. The lowest BCUT2D eigenvalue weighted by Gasteiger charge is -2.10. The van der Waals surface area contributed by atoms with Crippen LogP contribution in [0.15, 0.2) is 47.1 Å². The summed E-state index contributed by atoms with van der Waals surface area (Å²) in [7, 11) is 0. The van der Waals surface area contributed by atoms with Gasteiger partial charge in [0.1, 0.15) is 11.6 Å². The number of para-hydroxylation sites is 1. The molecule has 1 aromatic carbocycles. The zero-order valence-electron chi connectivity index (χ0n) is 13.6. The Labute approximate surface area is 144 Å². The molecule has 2 aromatic heterocycles. The third-order valence-corrected chi connectivity index (χ3v) is 3.99. The maximum Gasteiger partial charge on any atom is 0.255 e. The van der Waals surface area contributed by atoms with E-state index in [1.807, 2.05) is 18.2 Å². The molecule has 7 nitrogen and oxygen atoms in total. The Hall–Kier alpha value is -3.09. The first-order chi connectivity index (χ1) is 12.3. The van der Waals surface area contributed by atoms with Crippen LogP contribution in [0.3, 0.4) is 0 Å². The highest BCUT2D eigenvalue weighted by atomic mass is 16.5. The Morgan fingerprint density at radius 3 is 2.96 bits per heavy atom. The topological polar surface area (TPSA) is 93.0 Å². The molecule has 7 heteroatoms. The van der Waals surface area contributed by atoms with Crippen molar-refractivity contribution in [3.63, 3.8) is 0 Å². The lowest BCUT2D eigenvalue weighted by atomic mass is 10.2. The average molecular weight is 338 g/mol. The number of ether oxygens (including phenoxy) is 1. The smallest absolute Gasteiger partial charge is 0.255 e. The van der Waals surface area contributed by atoms with Crippen molar-refractivity contribution in [3.05, 3.63) is 54.0 Å². The van der Waals surface area contributed by atoms with E-state index in [0.29, 0.717) is 41.2 Å². The number of amides is 1. The van der Waals surface area contributed by atoms with Gasteiger partial charge in [-0.25, -0.2) is 4.98 Å². The maximum atomic E-state index is 12.5. The van der Waals surface area contributed by atoms with Gasteiger partial charge in [-0.3, -0.25) is 9.89 Å². The Bertz CT molecular complexity index is 853. The number of hydrogen-bond acceptors (Lipinski definition) is 5. The predicted molar refractivity (Wildman–Crippen MR) is 89.9 cm³/mol. The summed E-state index contributed by atoms with van der Waals surface area (Å²) in [6.45, 7) is 0.905. The van der Waals surface area contributed by atoms with Gasteiger partial charge in [-0.2, -0.15) is 0 Å². The highest BCUT2D eigenvalue weighted by Gasteiger charge is 2.23. The molecule has 0 atom stereocenters. The van der Waals surface area contributed by atoms with Crippen molar-refractivity contribution in [2.45, 2.75) is 19.4 Å². The van der Waals surface area contributed by atoms with Gasteiger partial charge in [0.2, 0.25) is 5.82 Å². The minimum atomic E-state index is -0.206. The molecule has 0 aliphatic heterocycles. The van der Waals surface area contributed by atoms with Crippen molar-refractivity contribution < 1.29 is 13.9 Å². The fraction of sp³-hybridized carbons (Fsp3) is 0.278. The SMILES string of the molecule is O=C(NCc1nc(-c2ccco2)n[nH]1)c1ccccc1OCC1CC1. The minimum Gasteiger partial charge on any atom is -0.492 e. The van der Waals surface area contributed by atoms with Crippen LogP contribution in [-0.2, 0) is 6.54 Å². The fourth-order valence-corrected chi connectivity index (χ4v) is 2.42. The van der Waals surface area contributed by atoms with Crippen molar-refractivity contribution in [2.75, 3.05) is 6.61 Å². The zero-order chi connectivity index (χ0) is 17.1. The summed E-state index contributed by atoms with van der Waals surface area (Å²) in [6, 6.07) is 10.8. The number of nitrogens with zero attached hydrogens (tertiary/aromatic N) is 2. The quantitative estimate of drug-likeness (QED) is 0.691. The number of rotatable bonds is 7. The predicted octanol–water partition coefficient (Wildman–Crippen LogP) is 2.78. The van der Waals surface area contributed by atoms with Crippen LogP contribution in [0.2, 0.25) is 0 Å². The minimum absolute atomic E-state index is 0.206. The van der Waals surface area contributed by atoms with Gasteiger partial charge in [-0.15, -0.1) is 5.10 Å². The van der Waals surface area contributed by atoms with E-state index in [1.165, 1.54) is 12.8 Å². The first-order valence-corrected chi connectivity index (χ1v) is 8.25. The monoisotopic (exact) mass is 338 g/mol. The van der Waals surface area contributed by atoms with E-state index in [9.17, 15) is 4.79 Å². The molecule has 2 N–H and O–H groups in total. The van der Waals surface area contributed by atoms with Crippen molar-refractivity contribution in [2.24, 2.45) is 5.92 Å². The van der Waals surface area contributed by atoms with Crippen LogP contribution >= 0.6 is 0 Å². The van der Waals surface area contributed by atoms with E-state index >= 15 is 0 Å². The molecule has 128 valence electrons. The molecule has 3 aromatic rings. The molecule has 1 fully saturated rings. The van der Waals surface area contributed by atoms with Gasteiger partial charge in [0.05, 0.1) is 25.0 Å². The van der Waals surface area contributed by atoms with Gasteiger partial charge < -0.3 is 14.5 Å². The zero-order valence-corrected chi connectivity index (χ0v) is 13.6. The number of furan rings is 1. The summed E-state index contributed by atoms with van der Waals surface area (Å²) >= 11 is 0. The molecule has 0 spiro atoms. The Morgan fingerprint density at radius 1 is 1.28 bits per heavy atom. The van der Waals surface area contributed by atoms with Crippen LogP contribution < -0.4 is 10.1 Å². The number of H-pyrrole nitrogens is 1. The third-order valence-electron chi connectivity index (χ3n) is 3.99. The highest BCUT2D eigenvalue weighted by molar-refractivity contribution is 5.96. The van der Waals surface area contributed by atoms with Gasteiger partial charge >= 0.3 is 0 Å². The van der Waals surface area contributed by atoms with Gasteiger partial charge in [0.25, 0.3) is 5.91 Å². The number of benzene rings is 1. The second-order valence-corrected chi connectivity index (χ2v) is 6.02. The van der Waals surface area contributed by atoms with Gasteiger partial charge in [0, 0.05) is 0 Å². The van der Waals surface area contributed by atoms with Gasteiger partial charge in [-0.05, 0) is 43.0 Å². The molecule has 2 heterocycles. The summed E-state index contributed by atoms with van der Waals surface area (Å²) in [6.07, 6.45) is 3.97. The summed E-state index contributed by atoms with van der Waals surface area (Å²) in [5, 5.41) is 9.71. The summed E-state index contributed by atoms with van der Waals surface area (Å²) in [4.78, 5) is 16.8. The normalized spacial score (nSPS) is 13.6. The number of aromatic nitrogens is 3. The molecule has 1 aliphatic carbocycles. The number of aromatic amines is 1. The van der Waals surface area contributed by atoms with Crippen LogP contribution in [0, 0.1) is 5.92 Å². The van der Waals surface area contributed by atoms with E-state index in [2.05, 4.69) is 20.5 Å². The summed E-state index contributed by atoms with van der Waals surface area (Å²) in [5.41, 5.74) is 0.522. The summed E-state index contributed by atoms with van der Waals surface area (Å²) < 4.78 is 11.0. The molecule has 4 rings (SSSR count). The second kappa shape index (κ2) is 6.80. The van der Waals surface area contributed by atoms with E-state index in [-0.39, 0.29) is 12.5 Å². The first-order valence-electron chi connectivity index (χ1n) is 8.25. The summed E-state index contributed by atoms with van der Waals surface area (Å²) in [5.74, 6) is 2.62. The number of nitrogens with one attached hydrogen (secondary N) is 2. The number of carbonyl (C=O) groups excluding carboxylic acids is 1. The highest BCUT2D eigenvalue weighted by Crippen LogP contribution is 2.30. The lowest BCUT2D eigenvalue weighted by Crippen LogP contribution is -2.24. The molecular formula is C18H18N4O3. The molecule has 0 saturated heterocycles. The Kier molecular flexibility index (Phi) is 4.20. The molecule has 25 heavy (non-hydrogen) atoms. The third kappa shape index (κ3) is 3.71. The molecule has 1 amide bonds. The van der Waals surface area contributed by atoms with Crippen LogP contribution in [0.1, 0.15) is 29.0 Å².